The van der Waals surface area contributed by atoms with Crippen LogP contribution in [-0.4, -0.2) is 20.9 Å². The highest BCUT2D eigenvalue weighted by Crippen LogP contribution is 2.43. The minimum absolute atomic E-state index is 0.0223. The average Bonchev–Trinajstić information content (AvgIpc) is 2.80. The first kappa shape index (κ1) is 21.9. The number of hydrogen-bond acceptors (Lipinski definition) is 3. The maximum absolute atomic E-state index is 13.7. The van der Waals surface area contributed by atoms with Crippen molar-refractivity contribution in [3.63, 3.8) is 0 Å². The highest BCUT2D eigenvalue weighted by atomic mass is 35.5. The van der Waals surface area contributed by atoms with Crippen LogP contribution in [-0.2, 0) is 21.4 Å². The van der Waals surface area contributed by atoms with E-state index in [-0.39, 0.29) is 18.0 Å². The van der Waals surface area contributed by atoms with E-state index in [1.165, 1.54) is 10.4 Å². The minimum atomic E-state index is -4.17. The molecule has 162 valence electrons. The van der Waals surface area contributed by atoms with E-state index >= 15 is 0 Å². The Hall–Kier alpha value is -3.35. The molecule has 0 fully saturated rings. The summed E-state index contributed by atoms with van der Waals surface area (Å²) in [6.07, 6.45) is 1.49. The van der Waals surface area contributed by atoms with Gasteiger partial charge in [-0.05, 0) is 29.3 Å². The van der Waals surface area contributed by atoms with Gasteiger partial charge in [0.25, 0.3) is 15.9 Å². The van der Waals surface area contributed by atoms with Crippen LogP contribution in [0.5, 0.6) is 0 Å². The van der Waals surface area contributed by atoms with Gasteiger partial charge in [0.1, 0.15) is 0 Å². The molecule has 0 saturated heterocycles. The second-order valence-corrected chi connectivity index (χ2v) is 9.46. The maximum atomic E-state index is 13.7. The summed E-state index contributed by atoms with van der Waals surface area (Å²) >= 11 is 6.28. The first-order valence-corrected chi connectivity index (χ1v) is 11.8. The van der Waals surface area contributed by atoms with Crippen LogP contribution >= 0.6 is 11.6 Å². The summed E-state index contributed by atoms with van der Waals surface area (Å²) in [6.45, 7) is 3.91. The number of nitrogens with one attached hydrogen (secondary N) is 1. The lowest BCUT2D eigenvalue weighted by molar-refractivity contribution is -0.116. The number of nitrogens with zero attached hydrogens (tertiary/aromatic N) is 1. The first-order valence-electron chi connectivity index (χ1n) is 9.99. The molecule has 1 heterocycles. The van der Waals surface area contributed by atoms with Crippen molar-refractivity contribution in [2.45, 2.75) is 6.54 Å². The molecule has 32 heavy (non-hydrogen) atoms. The molecular weight excluding hydrogens is 444 g/mol. The second kappa shape index (κ2) is 9.02. The molecule has 0 saturated carbocycles. The fourth-order valence-corrected chi connectivity index (χ4v) is 5.62. The molecule has 3 aromatic carbocycles. The number of carbonyl (C=O) groups excluding carboxylic acids is 1. The molecule has 5 nitrogen and oxygen atoms in total. The Morgan fingerprint density at radius 1 is 1.00 bits per heavy atom. The van der Waals surface area contributed by atoms with Crippen LogP contribution in [0.2, 0.25) is 5.02 Å². The second-order valence-electron chi connectivity index (χ2n) is 7.22. The Kier molecular flexibility index (Phi) is 6.17. The number of halogens is 1. The van der Waals surface area contributed by atoms with E-state index in [0.717, 1.165) is 5.56 Å². The van der Waals surface area contributed by atoms with Gasteiger partial charge in [-0.15, -0.1) is 6.58 Å². The van der Waals surface area contributed by atoms with Gasteiger partial charge in [0.15, 0.2) is 4.91 Å². The Bertz CT molecular complexity index is 1300. The van der Waals surface area contributed by atoms with Crippen molar-refractivity contribution in [3.05, 3.63) is 118 Å². The number of hydrogen-bond donors (Lipinski definition) is 1. The summed E-state index contributed by atoms with van der Waals surface area (Å²) in [6, 6.07) is 23.3. The minimum Gasteiger partial charge on any atom is -0.347 e. The summed E-state index contributed by atoms with van der Waals surface area (Å²) < 4.78 is 28.6. The third-order valence-corrected chi connectivity index (χ3v) is 7.20. The van der Waals surface area contributed by atoms with Crippen LogP contribution in [0.4, 0.5) is 5.69 Å². The molecule has 1 N–H and O–H groups in total. The summed E-state index contributed by atoms with van der Waals surface area (Å²) in [5.41, 5.74) is 2.83. The lowest BCUT2D eigenvalue weighted by atomic mass is 9.95. The van der Waals surface area contributed by atoms with Crippen LogP contribution in [0.25, 0.3) is 5.57 Å². The highest BCUT2D eigenvalue weighted by Gasteiger charge is 2.40. The van der Waals surface area contributed by atoms with Gasteiger partial charge in [0.05, 0.1) is 12.2 Å². The molecule has 0 unspecified atom stereocenters. The lowest BCUT2D eigenvalue weighted by Gasteiger charge is -2.33. The molecule has 0 bridgehead atoms. The standard InChI is InChI=1S/C25H21ClN2O3S/c1-2-15-28-22-14-13-20(26)16-21(22)23(19-11-7-4-8-12-19)24(32(28,30)31)25(29)27-17-18-9-5-3-6-10-18/h2-14,16H,1,15,17H2,(H,27,29). The quantitative estimate of drug-likeness (QED) is 0.535. The molecular formula is C25H21ClN2O3S. The number of carbonyl (C=O) groups is 1. The Morgan fingerprint density at radius 3 is 2.31 bits per heavy atom. The number of fused-ring (bicyclic) bond motifs is 1. The van der Waals surface area contributed by atoms with Crippen molar-refractivity contribution in [2.24, 2.45) is 0 Å². The smallest absolute Gasteiger partial charge is 0.270 e. The van der Waals surface area contributed by atoms with E-state index in [9.17, 15) is 13.2 Å². The van der Waals surface area contributed by atoms with Crippen molar-refractivity contribution < 1.29 is 13.2 Å². The van der Waals surface area contributed by atoms with Gasteiger partial charge < -0.3 is 5.32 Å². The summed E-state index contributed by atoms with van der Waals surface area (Å²) in [5, 5.41) is 3.21. The Labute approximate surface area is 192 Å². The summed E-state index contributed by atoms with van der Waals surface area (Å²) in [7, 11) is -4.17. The van der Waals surface area contributed by atoms with Crippen molar-refractivity contribution >= 4 is 38.8 Å². The van der Waals surface area contributed by atoms with Crippen molar-refractivity contribution in [1.82, 2.24) is 5.32 Å². The topological polar surface area (TPSA) is 66.5 Å². The molecule has 7 heteroatoms. The van der Waals surface area contributed by atoms with Gasteiger partial charge in [-0.1, -0.05) is 78.3 Å². The zero-order valence-electron chi connectivity index (χ0n) is 17.2. The molecule has 0 aromatic heterocycles. The van der Waals surface area contributed by atoms with Gasteiger partial charge in [0.2, 0.25) is 0 Å². The fourth-order valence-electron chi connectivity index (χ4n) is 3.71. The predicted octanol–water partition coefficient (Wildman–Crippen LogP) is 4.75. The van der Waals surface area contributed by atoms with E-state index in [0.29, 0.717) is 27.4 Å². The average molecular weight is 465 g/mol. The van der Waals surface area contributed by atoms with E-state index in [2.05, 4.69) is 11.9 Å². The molecule has 0 spiro atoms. The normalized spacial score (nSPS) is 14.6. The predicted molar refractivity (Wildman–Crippen MR) is 129 cm³/mol. The summed E-state index contributed by atoms with van der Waals surface area (Å²) in [4.78, 5) is 13.1. The zero-order chi connectivity index (χ0) is 22.7. The van der Waals surface area contributed by atoms with Crippen LogP contribution in [0.3, 0.4) is 0 Å². The molecule has 0 aliphatic carbocycles. The highest BCUT2D eigenvalue weighted by molar-refractivity contribution is 7.97. The largest absolute Gasteiger partial charge is 0.347 e. The number of benzene rings is 3. The molecule has 1 aliphatic rings. The van der Waals surface area contributed by atoms with E-state index in [4.69, 9.17) is 11.6 Å². The molecule has 1 amide bonds. The van der Waals surface area contributed by atoms with Crippen molar-refractivity contribution in [1.29, 1.82) is 0 Å². The number of amides is 1. The fraction of sp³-hybridized carbons (Fsp3) is 0.0800. The molecule has 3 aromatic rings. The number of rotatable bonds is 6. The number of sulfonamides is 1. The Morgan fingerprint density at radius 2 is 1.66 bits per heavy atom. The molecule has 0 atom stereocenters. The van der Waals surface area contributed by atoms with Gasteiger partial charge >= 0.3 is 0 Å². The summed E-state index contributed by atoms with van der Waals surface area (Å²) in [5.74, 6) is -0.674. The lowest BCUT2D eigenvalue weighted by Crippen LogP contribution is -2.41. The SMILES string of the molecule is C=CCN1c2ccc(Cl)cc2C(c2ccccc2)=C(C(=O)NCc2ccccc2)S1(=O)=O. The molecule has 1 aliphatic heterocycles. The van der Waals surface area contributed by atoms with E-state index in [1.807, 2.05) is 36.4 Å². The monoisotopic (exact) mass is 464 g/mol. The zero-order valence-corrected chi connectivity index (χ0v) is 18.7. The first-order chi connectivity index (χ1) is 15.4. The van der Waals surface area contributed by atoms with Gasteiger partial charge in [-0.3, -0.25) is 9.10 Å². The Balaban J connectivity index is 1.93. The van der Waals surface area contributed by atoms with Crippen LogP contribution in [0, 0.1) is 0 Å². The van der Waals surface area contributed by atoms with Crippen molar-refractivity contribution in [2.75, 3.05) is 10.8 Å². The van der Waals surface area contributed by atoms with E-state index < -0.39 is 15.9 Å². The third kappa shape index (κ3) is 4.07. The molecule has 4 rings (SSSR count). The van der Waals surface area contributed by atoms with Gasteiger partial charge in [-0.25, -0.2) is 8.42 Å². The van der Waals surface area contributed by atoms with Gasteiger partial charge in [-0.2, -0.15) is 0 Å². The third-order valence-electron chi connectivity index (χ3n) is 5.13. The van der Waals surface area contributed by atoms with Crippen molar-refractivity contribution in [3.8, 4) is 0 Å². The van der Waals surface area contributed by atoms with Crippen LogP contribution in [0.15, 0.2) is 96.4 Å². The number of anilines is 1. The van der Waals surface area contributed by atoms with Gasteiger partial charge in [0, 0.05) is 22.7 Å². The van der Waals surface area contributed by atoms with E-state index in [1.54, 1.807) is 42.5 Å². The molecule has 0 radical (unpaired) electrons. The van der Waals surface area contributed by atoms with Crippen LogP contribution in [0.1, 0.15) is 16.7 Å². The maximum Gasteiger partial charge on any atom is 0.270 e. The van der Waals surface area contributed by atoms with Crippen LogP contribution < -0.4 is 9.62 Å².